The summed E-state index contributed by atoms with van der Waals surface area (Å²) in [4.78, 5) is 20.0. The molecule has 0 aliphatic carbocycles. The van der Waals surface area contributed by atoms with E-state index in [4.69, 9.17) is 0 Å². The van der Waals surface area contributed by atoms with Gasteiger partial charge in [-0.2, -0.15) is 9.97 Å². The second-order valence-corrected chi connectivity index (χ2v) is 8.45. The summed E-state index contributed by atoms with van der Waals surface area (Å²) in [5, 5.41) is 9.68. The molecule has 10 heteroatoms. The van der Waals surface area contributed by atoms with Crippen LogP contribution in [0, 0.1) is 0 Å². The minimum absolute atomic E-state index is 0.0524. The molecule has 8 nitrogen and oxygen atoms in total. The van der Waals surface area contributed by atoms with Gasteiger partial charge in [0, 0.05) is 29.8 Å². The molecular formula is C15H13N3O5S2. The lowest BCUT2D eigenvalue weighted by Gasteiger charge is -2.10. The van der Waals surface area contributed by atoms with Crippen LogP contribution in [0.4, 0.5) is 0 Å². The van der Waals surface area contributed by atoms with Crippen molar-refractivity contribution in [3.8, 4) is 5.75 Å². The average molecular weight is 379 g/mol. The molecular weight excluding hydrogens is 366 g/mol. The summed E-state index contributed by atoms with van der Waals surface area (Å²) in [7, 11) is -2.70. The molecule has 0 saturated heterocycles. The summed E-state index contributed by atoms with van der Waals surface area (Å²) < 4.78 is 38.1. The first-order chi connectivity index (χ1) is 11.7. The van der Waals surface area contributed by atoms with Crippen LogP contribution in [-0.4, -0.2) is 38.9 Å². The molecule has 0 aliphatic rings. The summed E-state index contributed by atoms with van der Waals surface area (Å²) >= 11 is -1.43. The Bertz CT molecular complexity index is 1120. The van der Waals surface area contributed by atoms with Crippen LogP contribution >= 0.6 is 0 Å². The number of fused-ring (bicyclic) bond motifs is 1. The Labute approximate surface area is 145 Å². The molecule has 2 heterocycles. The van der Waals surface area contributed by atoms with E-state index in [0.717, 1.165) is 4.57 Å². The molecule has 1 aromatic carbocycles. The highest BCUT2D eigenvalue weighted by molar-refractivity contribution is 7.91. The minimum Gasteiger partial charge on any atom is -0.609 e. The van der Waals surface area contributed by atoms with Crippen molar-refractivity contribution < 1.29 is 18.1 Å². The lowest BCUT2D eigenvalue weighted by Crippen LogP contribution is -2.25. The van der Waals surface area contributed by atoms with Crippen LogP contribution in [0.1, 0.15) is 0 Å². The quantitative estimate of drug-likeness (QED) is 0.522. The third-order valence-corrected chi connectivity index (χ3v) is 6.06. The van der Waals surface area contributed by atoms with E-state index in [9.17, 15) is 22.9 Å². The lowest BCUT2D eigenvalue weighted by molar-refractivity contribution is 0.475. The van der Waals surface area contributed by atoms with E-state index in [1.807, 2.05) is 0 Å². The van der Waals surface area contributed by atoms with Gasteiger partial charge in [0.1, 0.15) is 16.9 Å². The number of aromatic hydroxyl groups is 1. The maximum absolute atomic E-state index is 12.8. The first kappa shape index (κ1) is 17.4. The van der Waals surface area contributed by atoms with Gasteiger partial charge in [0.2, 0.25) is 9.84 Å². The van der Waals surface area contributed by atoms with Gasteiger partial charge in [0.15, 0.2) is 5.65 Å². The lowest BCUT2D eigenvalue weighted by atomic mass is 10.3. The van der Waals surface area contributed by atoms with Gasteiger partial charge in [0.05, 0.1) is 4.90 Å². The number of sulfone groups is 1. The zero-order valence-corrected chi connectivity index (χ0v) is 14.8. The number of pyridine rings is 1. The third-order valence-electron chi connectivity index (χ3n) is 3.59. The summed E-state index contributed by atoms with van der Waals surface area (Å²) in [6, 6.07) is 6.08. The Morgan fingerprint density at radius 2 is 1.88 bits per heavy atom. The number of hydrogen-bond acceptors (Lipinski definition) is 7. The number of aryl methyl sites for hydroxylation is 1. The second kappa shape index (κ2) is 6.14. The smallest absolute Gasteiger partial charge is 0.344 e. The number of hydrogen-bond donors (Lipinski definition) is 1. The first-order valence-electron chi connectivity index (χ1n) is 6.96. The van der Waals surface area contributed by atoms with E-state index in [2.05, 4.69) is 9.97 Å². The molecule has 3 aromatic rings. The van der Waals surface area contributed by atoms with E-state index in [1.165, 1.54) is 49.8 Å². The van der Waals surface area contributed by atoms with Gasteiger partial charge in [-0.15, -0.1) is 0 Å². The molecule has 130 valence electrons. The van der Waals surface area contributed by atoms with Crippen LogP contribution in [0.25, 0.3) is 11.0 Å². The van der Waals surface area contributed by atoms with Crippen molar-refractivity contribution in [1.82, 2.24) is 14.5 Å². The Kier molecular flexibility index (Phi) is 4.27. The van der Waals surface area contributed by atoms with Crippen molar-refractivity contribution >= 4 is 32.0 Å². The number of rotatable bonds is 3. The molecule has 2 aromatic heterocycles. The molecule has 0 aliphatic heterocycles. The molecule has 1 atom stereocenters. The highest BCUT2D eigenvalue weighted by Gasteiger charge is 2.24. The van der Waals surface area contributed by atoms with Gasteiger partial charge in [0.25, 0.3) is 5.56 Å². The zero-order valence-electron chi connectivity index (χ0n) is 13.2. The largest absolute Gasteiger partial charge is 0.609 e. The van der Waals surface area contributed by atoms with Gasteiger partial charge < -0.3 is 9.66 Å². The molecule has 0 fully saturated rings. The van der Waals surface area contributed by atoms with Crippen LogP contribution in [-0.2, 0) is 28.1 Å². The average Bonchev–Trinajstić information content (AvgIpc) is 2.58. The van der Waals surface area contributed by atoms with Gasteiger partial charge in [-0.05, 0) is 30.3 Å². The Morgan fingerprint density at radius 3 is 2.48 bits per heavy atom. The fourth-order valence-corrected chi connectivity index (χ4v) is 4.10. The fraction of sp³-hybridized carbons (Fsp3) is 0.133. The molecule has 1 unspecified atom stereocenters. The molecule has 0 amide bonds. The SMILES string of the molecule is Cn1c(=O)c(S(=O)(=O)c2ccc(O)cc2)cc2cnc([S+](C)[O-])nc21. The van der Waals surface area contributed by atoms with Crippen molar-refractivity contribution in [3.63, 3.8) is 0 Å². The van der Waals surface area contributed by atoms with Gasteiger partial charge in [-0.3, -0.25) is 9.36 Å². The standard InChI is InChI=1S/C15H13N3O5S2/c1-18-13-9(8-16-15(17-13)24(2)21)7-12(14(18)20)25(22,23)11-5-3-10(19)4-6-11/h3-8,19H,1-2H3. The molecule has 3 rings (SSSR count). The molecule has 0 bridgehead atoms. The molecule has 0 spiro atoms. The maximum atomic E-state index is 12.8. The van der Waals surface area contributed by atoms with Gasteiger partial charge in [-0.1, -0.05) is 0 Å². The molecule has 0 radical (unpaired) electrons. The monoisotopic (exact) mass is 379 g/mol. The highest BCUT2D eigenvalue weighted by Crippen LogP contribution is 2.23. The van der Waals surface area contributed by atoms with Crippen LogP contribution in [0.3, 0.4) is 0 Å². The number of phenolic OH excluding ortho intramolecular Hbond substituents is 1. The second-order valence-electron chi connectivity index (χ2n) is 5.26. The number of phenols is 1. The zero-order chi connectivity index (χ0) is 18.4. The van der Waals surface area contributed by atoms with Crippen LogP contribution in [0.15, 0.2) is 56.3 Å². The van der Waals surface area contributed by atoms with Gasteiger partial charge >= 0.3 is 5.16 Å². The summed E-state index contributed by atoms with van der Waals surface area (Å²) in [5.74, 6) is -0.0844. The predicted octanol–water partition coefficient (Wildman–Crippen LogP) is 0.604. The molecule has 25 heavy (non-hydrogen) atoms. The number of aromatic nitrogens is 3. The minimum atomic E-state index is -4.09. The maximum Gasteiger partial charge on any atom is 0.344 e. The summed E-state index contributed by atoms with van der Waals surface area (Å²) in [5.41, 5.74) is -0.568. The van der Waals surface area contributed by atoms with Crippen molar-refractivity contribution in [1.29, 1.82) is 0 Å². The predicted molar refractivity (Wildman–Crippen MR) is 90.7 cm³/mol. The summed E-state index contributed by atoms with van der Waals surface area (Å²) in [6.45, 7) is 0. The normalized spacial score (nSPS) is 13.1. The van der Waals surface area contributed by atoms with Crippen molar-refractivity contribution in [2.75, 3.05) is 6.26 Å². The van der Waals surface area contributed by atoms with Gasteiger partial charge in [-0.25, -0.2) is 8.42 Å². The Balaban J connectivity index is 2.27. The molecule has 0 saturated carbocycles. The first-order valence-corrected chi connectivity index (χ1v) is 10.0. The fourth-order valence-electron chi connectivity index (χ4n) is 2.28. The van der Waals surface area contributed by atoms with Crippen molar-refractivity contribution in [3.05, 3.63) is 46.9 Å². The van der Waals surface area contributed by atoms with E-state index < -0.39 is 31.5 Å². The van der Waals surface area contributed by atoms with Crippen LogP contribution in [0.5, 0.6) is 5.75 Å². The summed E-state index contributed by atoms with van der Waals surface area (Å²) in [6.07, 6.45) is 2.73. The van der Waals surface area contributed by atoms with Crippen molar-refractivity contribution in [2.24, 2.45) is 7.05 Å². The Morgan fingerprint density at radius 1 is 1.24 bits per heavy atom. The van der Waals surface area contributed by atoms with E-state index in [0.29, 0.717) is 5.39 Å². The third kappa shape index (κ3) is 2.99. The van der Waals surface area contributed by atoms with Crippen molar-refractivity contribution in [2.45, 2.75) is 14.9 Å². The Hall–Kier alpha value is -2.43. The van der Waals surface area contributed by atoms with E-state index >= 15 is 0 Å². The number of benzene rings is 1. The highest BCUT2D eigenvalue weighted by atomic mass is 32.2. The van der Waals surface area contributed by atoms with Crippen LogP contribution < -0.4 is 5.56 Å². The van der Waals surface area contributed by atoms with E-state index in [-0.39, 0.29) is 21.4 Å². The van der Waals surface area contributed by atoms with E-state index in [1.54, 1.807) is 0 Å². The van der Waals surface area contributed by atoms with Crippen LogP contribution in [0.2, 0.25) is 0 Å². The number of nitrogens with zero attached hydrogens (tertiary/aromatic N) is 3. The topological polar surface area (TPSA) is 125 Å². The molecule has 1 N–H and O–H groups in total.